The summed E-state index contributed by atoms with van der Waals surface area (Å²) in [5.41, 5.74) is 1.53. The molecule has 0 N–H and O–H groups in total. The van der Waals surface area contributed by atoms with Crippen molar-refractivity contribution in [2.24, 2.45) is 0 Å². The predicted octanol–water partition coefficient (Wildman–Crippen LogP) is 2.76. The first-order chi connectivity index (χ1) is 11.1. The Balaban J connectivity index is 1.73. The molecule has 0 aliphatic heterocycles. The van der Waals surface area contributed by atoms with Crippen molar-refractivity contribution in [3.05, 3.63) is 53.4 Å². The molecule has 1 aromatic carbocycles. The summed E-state index contributed by atoms with van der Waals surface area (Å²) in [6, 6.07) is 11.8. The zero-order valence-corrected chi connectivity index (χ0v) is 13.7. The van der Waals surface area contributed by atoms with Crippen LogP contribution in [0.1, 0.15) is 40.6 Å². The Morgan fingerprint density at radius 2 is 1.96 bits per heavy atom. The fraction of sp³-hybridized carbons (Fsp3) is 0.444. The van der Waals surface area contributed by atoms with Gasteiger partial charge in [0.1, 0.15) is 5.76 Å². The molecule has 0 unspecified atom stereocenters. The fourth-order valence-corrected chi connectivity index (χ4v) is 2.49. The van der Waals surface area contributed by atoms with Gasteiger partial charge < -0.3 is 14.3 Å². The molecule has 0 saturated heterocycles. The molecule has 1 heterocycles. The van der Waals surface area contributed by atoms with E-state index in [9.17, 15) is 4.79 Å². The number of hydrogen-bond acceptors (Lipinski definition) is 4. The van der Waals surface area contributed by atoms with Gasteiger partial charge in [-0.1, -0.05) is 35.5 Å². The zero-order valence-electron chi connectivity index (χ0n) is 13.7. The van der Waals surface area contributed by atoms with Gasteiger partial charge in [-0.25, -0.2) is 0 Å². The second kappa shape index (κ2) is 6.96. The summed E-state index contributed by atoms with van der Waals surface area (Å²) in [5, 5.41) is 3.99. The lowest BCUT2D eigenvalue weighted by molar-refractivity contribution is 0.0721. The molecule has 122 valence electrons. The molecule has 0 atom stereocenters. The van der Waals surface area contributed by atoms with Crippen LogP contribution >= 0.6 is 0 Å². The van der Waals surface area contributed by atoms with E-state index in [1.807, 2.05) is 55.4 Å². The van der Waals surface area contributed by atoms with Gasteiger partial charge in [0, 0.05) is 31.6 Å². The molecule has 1 aliphatic rings. The van der Waals surface area contributed by atoms with Gasteiger partial charge in [0.25, 0.3) is 5.91 Å². The highest BCUT2D eigenvalue weighted by Gasteiger charge is 2.29. The first-order valence-corrected chi connectivity index (χ1v) is 8.08. The Hall–Kier alpha value is -2.14. The standard InChI is InChI=1S/C18H23N3O2/c1-20(2)10-11-21(13-14-6-4-3-5-7-14)18(22)16-12-17(23-19-16)15-8-9-15/h3-7,12,15H,8-11,13H2,1-2H3. The van der Waals surface area contributed by atoms with Crippen LogP contribution in [-0.2, 0) is 6.54 Å². The third-order valence-electron chi connectivity index (χ3n) is 4.05. The predicted molar refractivity (Wildman–Crippen MR) is 88.2 cm³/mol. The Morgan fingerprint density at radius 3 is 2.61 bits per heavy atom. The van der Waals surface area contributed by atoms with Crippen LogP contribution in [0.5, 0.6) is 0 Å². The highest BCUT2D eigenvalue weighted by molar-refractivity contribution is 5.92. The van der Waals surface area contributed by atoms with Crippen molar-refractivity contribution in [3.8, 4) is 0 Å². The third-order valence-corrected chi connectivity index (χ3v) is 4.05. The number of benzene rings is 1. The van der Waals surface area contributed by atoms with Crippen molar-refractivity contribution in [2.75, 3.05) is 27.2 Å². The van der Waals surface area contributed by atoms with Crippen molar-refractivity contribution < 1.29 is 9.32 Å². The van der Waals surface area contributed by atoms with E-state index in [-0.39, 0.29) is 5.91 Å². The van der Waals surface area contributed by atoms with Crippen LogP contribution < -0.4 is 0 Å². The average Bonchev–Trinajstić information content (AvgIpc) is 3.29. The van der Waals surface area contributed by atoms with E-state index in [0.29, 0.717) is 24.7 Å². The SMILES string of the molecule is CN(C)CCN(Cc1ccccc1)C(=O)c1cc(C2CC2)on1. The molecule has 3 rings (SSSR count). The number of carbonyl (C=O) groups is 1. The fourth-order valence-electron chi connectivity index (χ4n) is 2.49. The van der Waals surface area contributed by atoms with Crippen LogP contribution in [0, 0.1) is 0 Å². The van der Waals surface area contributed by atoms with Crippen LogP contribution in [0.15, 0.2) is 40.9 Å². The first kappa shape index (κ1) is 15.7. The number of aromatic nitrogens is 1. The lowest BCUT2D eigenvalue weighted by Crippen LogP contribution is -2.36. The summed E-state index contributed by atoms with van der Waals surface area (Å²) in [6.45, 7) is 2.05. The van der Waals surface area contributed by atoms with Crippen molar-refractivity contribution in [3.63, 3.8) is 0 Å². The van der Waals surface area contributed by atoms with Gasteiger partial charge in [-0.3, -0.25) is 4.79 Å². The van der Waals surface area contributed by atoms with Crippen LogP contribution in [0.25, 0.3) is 0 Å². The number of rotatable bonds is 7. The van der Waals surface area contributed by atoms with Gasteiger partial charge in [-0.05, 0) is 32.5 Å². The molecule has 5 nitrogen and oxygen atoms in total. The molecule has 1 saturated carbocycles. The van der Waals surface area contributed by atoms with E-state index in [1.165, 1.54) is 0 Å². The lowest BCUT2D eigenvalue weighted by Gasteiger charge is -2.23. The zero-order chi connectivity index (χ0) is 16.2. The van der Waals surface area contributed by atoms with E-state index in [2.05, 4.69) is 10.1 Å². The largest absolute Gasteiger partial charge is 0.360 e. The van der Waals surface area contributed by atoms with E-state index in [4.69, 9.17) is 4.52 Å². The van der Waals surface area contributed by atoms with E-state index in [1.54, 1.807) is 0 Å². The molecule has 1 fully saturated rings. The average molecular weight is 313 g/mol. The molecule has 23 heavy (non-hydrogen) atoms. The topological polar surface area (TPSA) is 49.6 Å². The molecule has 5 heteroatoms. The molecule has 1 aliphatic carbocycles. The second-order valence-corrected chi connectivity index (χ2v) is 6.40. The van der Waals surface area contributed by atoms with Gasteiger partial charge in [-0.15, -0.1) is 0 Å². The second-order valence-electron chi connectivity index (χ2n) is 6.40. The molecular weight excluding hydrogens is 290 g/mol. The van der Waals surface area contributed by atoms with Gasteiger partial charge in [-0.2, -0.15) is 0 Å². The van der Waals surface area contributed by atoms with Crippen LogP contribution in [-0.4, -0.2) is 48.0 Å². The third kappa shape index (κ3) is 4.20. The van der Waals surface area contributed by atoms with Gasteiger partial charge in [0.05, 0.1) is 0 Å². The maximum atomic E-state index is 12.8. The minimum atomic E-state index is -0.0636. The van der Waals surface area contributed by atoms with E-state index < -0.39 is 0 Å². The number of likely N-dealkylation sites (N-methyl/N-ethyl adjacent to an activating group) is 1. The summed E-state index contributed by atoms with van der Waals surface area (Å²) in [6.07, 6.45) is 2.27. The number of nitrogens with zero attached hydrogens (tertiary/aromatic N) is 3. The Bertz CT molecular complexity index is 647. The quantitative estimate of drug-likeness (QED) is 0.788. The monoisotopic (exact) mass is 313 g/mol. The minimum absolute atomic E-state index is 0.0636. The summed E-state index contributed by atoms with van der Waals surface area (Å²) in [7, 11) is 4.01. The van der Waals surface area contributed by atoms with Gasteiger partial charge in [0.2, 0.25) is 0 Å². The first-order valence-electron chi connectivity index (χ1n) is 8.08. The molecule has 0 bridgehead atoms. The van der Waals surface area contributed by atoms with Crippen molar-refractivity contribution in [1.29, 1.82) is 0 Å². The summed E-state index contributed by atoms with van der Waals surface area (Å²) in [4.78, 5) is 16.7. The van der Waals surface area contributed by atoms with Crippen molar-refractivity contribution >= 4 is 5.91 Å². The minimum Gasteiger partial charge on any atom is -0.360 e. The van der Waals surface area contributed by atoms with E-state index in [0.717, 1.165) is 30.7 Å². The molecule has 1 aromatic heterocycles. The maximum absolute atomic E-state index is 12.8. The Kier molecular flexibility index (Phi) is 4.76. The number of amides is 1. The van der Waals surface area contributed by atoms with Crippen LogP contribution in [0.2, 0.25) is 0 Å². The molecule has 0 radical (unpaired) electrons. The highest BCUT2D eigenvalue weighted by atomic mass is 16.5. The number of carbonyl (C=O) groups excluding carboxylic acids is 1. The van der Waals surface area contributed by atoms with Crippen molar-refractivity contribution in [1.82, 2.24) is 15.0 Å². The smallest absolute Gasteiger partial charge is 0.276 e. The van der Waals surface area contributed by atoms with Crippen molar-refractivity contribution in [2.45, 2.75) is 25.3 Å². The van der Waals surface area contributed by atoms with Gasteiger partial charge >= 0.3 is 0 Å². The molecule has 0 spiro atoms. The lowest BCUT2D eigenvalue weighted by atomic mass is 10.2. The van der Waals surface area contributed by atoms with Gasteiger partial charge in [0.15, 0.2) is 5.69 Å². The van der Waals surface area contributed by atoms with Crippen LogP contribution in [0.4, 0.5) is 0 Å². The summed E-state index contributed by atoms with van der Waals surface area (Å²) in [5.74, 6) is 1.25. The molecule has 1 amide bonds. The Labute approximate surface area is 136 Å². The Morgan fingerprint density at radius 1 is 1.22 bits per heavy atom. The summed E-state index contributed by atoms with van der Waals surface area (Å²) >= 11 is 0. The molecular formula is C18H23N3O2. The number of hydrogen-bond donors (Lipinski definition) is 0. The molecule has 2 aromatic rings. The van der Waals surface area contributed by atoms with Crippen LogP contribution in [0.3, 0.4) is 0 Å². The highest BCUT2D eigenvalue weighted by Crippen LogP contribution is 2.40. The van der Waals surface area contributed by atoms with E-state index >= 15 is 0 Å². The normalized spacial score (nSPS) is 14.2. The maximum Gasteiger partial charge on any atom is 0.276 e. The summed E-state index contributed by atoms with van der Waals surface area (Å²) < 4.78 is 5.33.